The van der Waals surface area contributed by atoms with E-state index in [-0.39, 0.29) is 18.6 Å². The summed E-state index contributed by atoms with van der Waals surface area (Å²) in [5.74, 6) is 0.637. The van der Waals surface area contributed by atoms with E-state index in [0.29, 0.717) is 6.61 Å². The molecule has 0 N–H and O–H groups in total. The third-order valence-corrected chi connectivity index (χ3v) is 2.90. The van der Waals surface area contributed by atoms with E-state index < -0.39 is 0 Å². The largest absolute Gasteiger partial charge is 0.493 e. The van der Waals surface area contributed by atoms with Crippen LogP contribution in [-0.2, 0) is 16.1 Å². The first kappa shape index (κ1) is 14.4. The summed E-state index contributed by atoms with van der Waals surface area (Å²) >= 11 is 0. The van der Waals surface area contributed by atoms with E-state index in [9.17, 15) is 4.79 Å². The number of hydrogen-bond donors (Lipinski definition) is 0. The SMILES string of the molecule is CCCOc1cccc2c1ccn2CC(=O)OC(C)C. The molecular weight excluding hydrogens is 254 g/mol. The number of esters is 1. The number of nitrogens with zero attached hydrogens (tertiary/aromatic N) is 1. The van der Waals surface area contributed by atoms with E-state index in [1.165, 1.54) is 0 Å². The maximum Gasteiger partial charge on any atom is 0.326 e. The lowest BCUT2D eigenvalue weighted by molar-refractivity contribution is -0.148. The quantitative estimate of drug-likeness (QED) is 0.759. The van der Waals surface area contributed by atoms with Crippen molar-refractivity contribution in [3.63, 3.8) is 0 Å². The topological polar surface area (TPSA) is 40.5 Å². The van der Waals surface area contributed by atoms with Crippen molar-refractivity contribution in [3.8, 4) is 5.75 Å². The third kappa shape index (κ3) is 3.32. The van der Waals surface area contributed by atoms with E-state index in [0.717, 1.165) is 23.1 Å². The van der Waals surface area contributed by atoms with Gasteiger partial charge in [0.2, 0.25) is 0 Å². The zero-order chi connectivity index (χ0) is 14.5. The van der Waals surface area contributed by atoms with Gasteiger partial charge >= 0.3 is 5.97 Å². The van der Waals surface area contributed by atoms with Crippen molar-refractivity contribution in [2.45, 2.75) is 39.8 Å². The van der Waals surface area contributed by atoms with Crippen molar-refractivity contribution in [1.82, 2.24) is 4.57 Å². The van der Waals surface area contributed by atoms with Crippen molar-refractivity contribution in [1.29, 1.82) is 0 Å². The van der Waals surface area contributed by atoms with E-state index in [2.05, 4.69) is 6.92 Å². The summed E-state index contributed by atoms with van der Waals surface area (Å²) in [4.78, 5) is 11.7. The molecule has 1 aromatic carbocycles. The van der Waals surface area contributed by atoms with E-state index in [1.54, 1.807) is 0 Å². The van der Waals surface area contributed by atoms with Crippen LogP contribution in [0.5, 0.6) is 5.75 Å². The summed E-state index contributed by atoms with van der Waals surface area (Å²) in [6.07, 6.45) is 2.77. The number of aromatic nitrogens is 1. The van der Waals surface area contributed by atoms with Gasteiger partial charge in [-0.15, -0.1) is 0 Å². The molecule has 1 aromatic heterocycles. The number of fused-ring (bicyclic) bond motifs is 1. The third-order valence-electron chi connectivity index (χ3n) is 2.90. The highest BCUT2D eigenvalue weighted by Crippen LogP contribution is 2.26. The van der Waals surface area contributed by atoms with Crippen LogP contribution in [0.2, 0.25) is 0 Å². The average Bonchev–Trinajstić information content (AvgIpc) is 2.79. The molecule has 0 aliphatic rings. The standard InChI is InChI=1S/C16H21NO3/c1-4-10-19-15-7-5-6-14-13(15)8-9-17(14)11-16(18)20-12(2)3/h5-9,12H,4,10-11H2,1-3H3. The summed E-state index contributed by atoms with van der Waals surface area (Å²) in [5.41, 5.74) is 0.985. The summed E-state index contributed by atoms with van der Waals surface area (Å²) in [5, 5.41) is 1.03. The van der Waals surface area contributed by atoms with Crippen LogP contribution in [0.1, 0.15) is 27.2 Å². The first-order valence-corrected chi connectivity index (χ1v) is 7.02. The van der Waals surface area contributed by atoms with Crippen LogP contribution < -0.4 is 4.74 Å². The molecule has 0 saturated heterocycles. The van der Waals surface area contributed by atoms with Gasteiger partial charge < -0.3 is 14.0 Å². The molecule has 108 valence electrons. The smallest absolute Gasteiger partial charge is 0.326 e. The second-order valence-electron chi connectivity index (χ2n) is 5.02. The molecule has 4 heteroatoms. The number of benzene rings is 1. The molecule has 0 aliphatic carbocycles. The molecule has 0 amide bonds. The molecule has 0 spiro atoms. The van der Waals surface area contributed by atoms with Gasteiger partial charge in [-0.3, -0.25) is 4.79 Å². The molecule has 4 nitrogen and oxygen atoms in total. The fraction of sp³-hybridized carbons (Fsp3) is 0.438. The van der Waals surface area contributed by atoms with Crippen LogP contribution in [-0.4, -0.2) is 23.2 Å². The molecule has 0 atom stereocenters. The monoisotopic (exact) mass is 275 g/mol. The molecule has 1 heterocycles. The zero-order valence-electron chi connectivity index (χ0n) is 12.3. The summed E-state index contributed by atoms with van der Waals surface area (Å²) in [6.45, 7) is 6.69. The molecule has 0 aliphatic heterocycles. The highest BCUT2D eigenvalue weighted by atomic mass is 16.5. The van der Waals surface area contributed by atoms with Gasteiger partial charge in [-0.25, -0.2) is 0 Å². The van der Waals surface area contributed by atoms with Gasteiger partial charge in [-0.2, -0.15) is 0 Å². The molecule has 0 fully saturated rings. The minimum Gasteiger partial charge on any atom is -0.493 e. The molecule has 2 aromatic rings. The summed E-state index contributed by atoms with van der Waals surface area (Å²) in [7, 11) is 0. The van der Waals surface area contributed by atoms with Crippen molar-refractivity contribution in [2.75, 3.05) is 6.61 Å². The Balaban J connectivity index is 2.21. The normalized spacial score (nSPS) is 11.0. The van der Waals surface area contributed by atoms with Crippen LogP contribution in [0.15, 0.2) is 30.5 Å². The molecule has 0 radical (unpaired) electrons. The average molecular weight is 275 g/mol. The summed E-state index contributed by atoms with van der Waals surface area (Å²) in [6, 6.07) is 7.85. The molecular formula is C16H21NO3. The maximum atomic E-state index is 11.7. The molecule has 0 unspecified atom stereocenters. The Hall–Kier alpha value is -1.97. The lowest BCUT2D eigenvalue weighted by atomic mass is 10.2. The van der Waals surface area contributed by atoms with E-state index >= 15 is 0 Å². The van der Waals surface area contributed by atoms with Crippen molar-refractivity contribution >= 4 is 16.9 Å². The minimum atomic E-state index is -0.225. The lowest BCUT2D eigenvalue weighted by Crippen LogP contribution is -2.16. The highest BCUT2D eigenvalue weighted by Gasteiger charge is 2.11. The molecule has 20 heavy (non-hydrogen) atoms. The predicted octanol–water partition coefficient (Wildman–Crippen LogP) is 3.38. The predicted molar refractivity (Wildman–Crippen MR) is 79.0 cm³/mol. The summed E-state index contributed by atoms with van der Waals surface area (Å²) < 4.78 is 12.8. The highest BCUT2D eigenvalue weighted by molar-refractivity contribution is 5.87. The van der Waals surface area contributed by atoms with Crippen molar-refractivity contribution in [2.24, 2.45) is 0 Å². The maximum absolute atomic E-state index is 11.7. The minimum absolute atomic E-state index is 0.0900. The first-order valence-electron chi connectivity index (χ1n) is 7.02. The lowest BCUT2D eigenvalue weighted by Gasteiger charge is -2.10. The number of carbonyl (C=O) groups excluding carboxylic acids is 1. The molecule has 2 rings (SSSR count). The fourth-order valence-electron chi connectivity index (χ4n) is 2.11. The van der Waals surface area contributed by atoms with Gasteiger partial charge in [0.05, 0.1) is 18.2 Å². The van der Waals surface area contributed by atoms with Gasteiger partial charge in [0.15, 0.2) is 0 Å². The zero-order valence-corrected chi connectivity index (χ0v) is 12.3. The Morgan fingerprint density at radius 2 is 2.10 bits per heavy atom. The van der Waals surface area contributed by atoms with Crippen LogP contribution >= 0.6 is 0 Å². The number of ether oxygens (including phenoxy) is 2. The van der Waals surface area contributed by atoms with Gasteiger partial charge in [-0.1, -0.05) is 13.0 Å². The van der Waals surface area contributed by atoms with Crippen LogP contribution in [0.25, 0.3) is 10.9 Å². The van der Waals surface area contributed by atoms with Crippen LogP contribution in [0.4, 0.5) is 0 Å². The Kier molecular flexibility index (Phi) is 4.66. The van der Waals surface area contributed by atoms with Crippen molar-refractivity contribution in [3.05, 3.63) is 30.5 Å². The van der Waals surface area contributed by atoms with E-state index in [1.807, 2.05) is 48.9 Å². The Morgan fingerprint density at radius 3 is 2.80 bits per heavy atom. The first-order chi connectivity index (χ1) is 9.61. The Morgan fingerprint density at radius 1 is 1.30 bits per heavy atom. The van der Waals surface area contributed by atoms with E-state index in [4.69, 9.17) is 9.47 Å². The molecule has 0 saturated carbocycles. The fourth-order valence-corrected chi connectivity index (χ4v) is 2.11. The second kappa shape index (κ2) is 6.46. The van der Waals surface area contributed by atoms with Gasteiger partial charge in [0, 0.05) is 11.6 Å². The van der Waals surface area contributed by atoms with Gasteiger partial charge in [0.1, 0.15) is 12.3 Å². The van der Waals surface area contributed by atoms with Crippen LogP contribution in [0.3, 0.4) is 0 Å². The van der Waals surface area contributed by atoms with Gasteiger partial charge in [-0.05, 0) is 38.5 Å². The molecule has 0 bridgehead atoms. The van der Waals surface area contributed by atoms with Gasteiger partial charge in [0.25, 0.3) is 0 Å². The number of carbonyl (C=O) groups is 1. The van der Waals surface area contributed by atoms with Crippen molar-refractivity contribution < 1.29 is 14.3 Å². The number of hydrogen-bond acceptors (Lipinski definition) is 3. The number of rotatable bonds is 6. The Bertz CT molecular complexity index is 586. The van der Waals surface area contributed by atoms with Crippen LogP contribution in [0, 0.1) is 0 Å². The second-order valence-corrected chi connectivity index (χ2v) is 5.02. The Labute approximate surface area is 119 Å².